The lowest BCUT2D eigenvalue weighted by Crippen LogP contribution is -2.25. The fraction of sp³-hybridized carbons (Fsp3) is 0.636. The van der Waals surface area contributed by atoms with Crippen LogP contribution in [0, 0.1) is 29.4 Å². The Morgan fingerprint density at radius 3 is 2.12 bits per heavy atom. The zero-order valence-electron chi connectivity index (χ0n) is 14.7. The van der Waals surface area contributed by atoms with E-state index in [4.69, 9.17) is 0 Å². The van der Waals surface area contributed by atoms with Crippen molar-refractivity contribution in [3.63, 3.8) is 0 Å². The van der Waals surface area contributed by atoms with E-state index in [1.807, 2.05) is 6.08 Å². The average Bonchev–Trinajstić information content (AvgIpc) is 2.63. The summed E-state index contributed by atoms with van der Waals surface area (Å²) < 4.78 is 26.5. The Bertz CT molecular complexity index is 545. The molecule has 1 aromatic carbocycles. The first kappa shape index (κ1) is 17.6. The second kappa shape index (κ2) is 8.27. The second-order valence-electron chi connectivity index (χ2n) is 7.93. The molecule has 0 nitrogen and oxygen atoms in total. The lowest BCUT2D eigenvalue weighted by molar-refractivity contribution is 0.157. The molecule has 0 aliphatic heterocycles. The van der Waals surface area contributed by atoms with Crippen LogP contribution < -0.4 is 0 Å². The van der Waals surface area contributed by atoms with Crippen LogP contribution in [0.2, 0.25) is 0 Å². The minimum atomic E-state index is -0.736. The highest BCUT2D eigenvalue weighted by Crippen LogP contribution is 2.44. The predicted octanol–water partition coefficient (Wildman–Crippen LogP) is 7.50. The molecule has 1 aromatic rings. The lowest BCUT2D eigenvalue weighted by Gasteiger charge is -2.38. The molecule has 2 aliphatic carbocycles. The van der Waals surface area contributed by atoms with E-state index >= 15 is 0 Å². The molecule has 2 fully saturated rings. The normalized spacial score (nSPS) is 30.9. The van der Waals surface area contributed by atoms with E-state index in [0.29, 0.717) is 5.92 Å². The molecule has 0 unspecified atom stereocenters. The summed E-state index contributed by atoms with van der Waals surface area (Å²) in [6.45, 7) is 3.83. The Balaban J connectivity index is 0.00000169. The molecule has 0 bridgehead atoms. The third-order valence-corrected chi connectivity index (χ3v) is 6.52. The first-order valence-corrected chi connectivity index (χ1v) is 9.73. The number of allylic oxidation sites excluding steroid dienone is 1. The van der Waals surface area contributed by atoms with Gasteiger partial charge in [0.2, 0.25) is 0 Å². The summed E-state index contributed by atoms with van der Waals surface area (Å²) >= 11 is 0. The Hall–Kier alpha value is -1.18. The molecule has 0 amide bonds. The number of hydrogen-bond donors (Lipinski definition) is 0. The summed E-state index contributed by atoms with van der Waals surface area (Å²) in [5.41, 5.74) is 0.987. The molecule has 0 saturated heterocycles. The molecule has 0 atom stereocenters. The van der Waals surface area contributed by atoms with Crippen molar-refractivity contribution >= 4 is 0 Å². The van der Waals surface area contributed by atoms with Gasteiger partial charge in [0.25, 0.3) is 0 Å². The van der Waals surface area contributed by atoms with Gasteiger partial charge in [-0.2, -0.15) is 0 Å². The third-order valence-electron chi connectivity index (χ3n) is 6.52. The van der Waals surface area contributed by atoms with Crippen LogP contribution in [0.15, 0.2) is 30.9 Å². The van der Waals surface area contributed by atoms with Crippen molar-refractivity contribution in [1.82, 2.24) is 0 Å². The quantitative estimate of drug-likeness (QED) is 0.488. The van der Waals surface area contributed by atoms with Crippen molar-refractivity contribution in [2.45, 2.75) is 70.1 Å². The van der Waals surface area contributed by atoms with Gasteiger partial charge >= 0.3 is 0 Å². The van der Waals surface area contributed by atoms with E-state index in [1.165, 1.54) is 57.1 Å². The van der Waals surface area contributed by atoms with Gasteiger partial charge < -0.3 is 0 Å². The topological polar surface area (TPSA) is 0 Å². The minimum Gasteiger partial charge on any atom is -0.204 e. The molecule has 0 heterocycles. The van der Waals surface area contributed by atoms with Crippen LogP contribution in [0.4, 0.5) is 8.78 Å². The summed E-state index contributed by atoms with van der Waals surface area (Å²) in [5.74, 6) is 1.65. The summed E-state index contributed by atoms with van der Waals surface area (Å²) in [6.07, 6.45) is 14.9. The summed E-state index contributed by atoms with van der Waals surface area (Å²) in [6, 6.07) is 4.46. The average molecular weight is 337 g/mol. The van der Waals surface area contributed by atoms with Crippen molar-refractivity contribution in [2.24, 2.45) is 17.8 Å². The molecule has 2 saturated carbocycles. The fourth-order valence-corrected chi connectivity index (χ4v) is 4.99. The van der Waals surface area contributed by atoms with Crippen LogP contribution in [-0.2, 0) is 0 Å². The van der Waals surface area contributed by atoms with Gasteiger partial charge in [0.1, 0.15) is 0 Å². The number of benzene rings is 1. The van der Waals surface area contributed by atoms with Gasteiger partial charge in [-0.15, -0.1) is 6.58 Å². The van der Waals surface area contributed by atoms with Gasteiger partial charge in [0, 0.05) is 2.85 Å². The van der Waals surface area contributed by atoms with E-state index in [0.717, 1.165) is 42.6 Å². The molecule has 2 heteroatoms. The maximum atomic E-state index is 13.4. The molecule has 0 N–H and O–H groups in total. The Kier molecular flexibility index (Phi) is 6.08. The van der Waals surface area contributed by atoms with Crippen LogP contribution in [-0.4, -0.2) is 0 Å². The first-order valence-electron chi connectivity index (χ1n) is 9.73. The maximum Gasteiger partial charge on any atom is 0.159 e. The maximum absolute atomic E-state index is 13.4. The van der Waals surface area contributed by atoms with Crippen LogP contribution in [0.3, 0.4) is 0 Å². The van der Waals surface area contributed by atoms with Gasteiger partial charge in [0.15, 0.2) is 11.6 Å². The SMILES string of the molecule is C=CCCC1CCC(C2CCC(c3ccc(F)c(F)c3)CC2)CC1.[HH].[HH]. The summed E-state index contributed by atoms with van der Waals surface area (Å²) in [4.78, 5) is 0. The Labute approximate surface area is 148 Å². The van der Waals surface area contributed by atoms with Gasteiger partial charge in [-0.1, -0.05) is 25.0 Å². The largest absolute Gasteiger partial charge is 0.204 e. The Morgan fingerprint density at radius 2 is 1.54 bits per heavy atom. The number of halogens is 2. The molecular formula is C22H34F2. The lowest BCUT2D eigenvalue weighted by atomic mass is 9.68. The molecule has 136 valence electrons. The first-order chi connectivity index (χ1) is 11.7. The second-order valence-corrected chi connectivity index (χ2v) is 7.93. The van der Waals surface area contributed by atoms with Crippen LogP contribution >= 0.6 is 0 Å². The molecule has 0 spiro atoms. The van der Waals surface area contributed by atoms with Gasteiger partial charge in [-0.25, -0.2) is 8.78 Å². The van der Waals surface area contributed by atoms with E-state index in [2.05, 4.69) is 6.58 Å². The van der Waals surface area contributed by atoms with E-state index in [-0.39, 0.29) is 2.85 Å². The highest BCUT2D eigenvalue weighted by Gasteiger charge is 2.31. The summed E-state index contributed by atoms with van der Waals surface area (Å²) in [5, 5.41) is 0. The van der Waals surface area contributed by atoms with Crippen molar-refractivity contribution in [3.8, 4) is 0 Å². The van der Waals surface area contributed by atoms with E-state index in [9.17, 15) is 8.78 Å². The number of hydrogen-bond acceptors (Lipinski definition) is 0. The van der Waals surface area contributed by atoms with Crippen molar-refractivity contribution in [2.75, 3.05) is 0 Å². The van der Waals surface area contributed by atoms with Gasteiger partial charge in [-0.3, -0.25) is 0 Å². The van der Waals surface area contributed by atoms with Gasteiger partial charge in [0.05, 0.1) is 0 Å². The van der Waals surface area contributed by atoms with E-state index < -0.39 is 11.6 Å². The molecule has 0 radical (unpaired) electrons. The monoisotopic (exact) mass is 336 g/mol. The smallest absolute Gasteiger partial charge is 0.159 e. The molecule has 0 aromatic heterocycles. The Morgan fingerprint density at radius 1 is 0.917 bits per heavy atom. The predicted molar refractivity (Wildman–Crippen MR) is 100 cm³/mol. The molecule has 3 rings (SSSR count). The molecule has 2 aliphatic rings. The van der Waals surface area contributed by atoms with Crippen molar-refractivity contribution < 1.29 is 11.6 Å². The third kappa shape index (κ3) is 4.26. The molecular weight excluding hydrogens is 302 g/mol. The highest BCUT2D eigenvalue weighted by atomic mass is 19.2. The fourth-order valence-electron chi connectivity index (χ4n) is 4.99. The van der Waals surface area contributed by atoms with Crippen molar-refractivity contribution in [1.29, 1.82) is 0 Å². The highest BCUT2D eigenvalue weighted by molar-refractivity contribution is 5.22. The van der Waals surface area contributed by atoms with E-state index in [1.54, 1.807) is 6.07 Å². The zero-order chi connectivity index (χ0) is 16.9. The summed E-state index contributed by atoms with van der Waals surface area (Å²) in [7, 11) is 0. The van der Waals surface area contributed by atoms with Crippen molar-refractivity contribution in [3.05, 3.63) is 48.1 Å². The van der Waals surface area contributed by atoms with Crippen LogP contribution in [0.1, 0.15) is 78.5 Å². The standard InChI is InChI=1S/C22H30F2.2H2/c1-2-3-4-16-5-7-17(8-6-16)18-9-11-19(12-10-18)20-13-14-21(23)22(24)15-20;;/h2,13-19H,1,3-12H2;2*1H. The zero-order valence-corrected chi connectivity index (χ0v) is 14.7. The number of rotatable bonds is 5. The minimum absolute atomic E-state index is 0. The van der Waals surface area contributed by atoms with Crippen LogP contribution in [0.5, 0.6) is 0 Å². The molecule has 24 heavy (non-hydrogen) atoms. The van der Waals surface area contributed by atoms with Gasteiger partial charge in [-0.05, 0) is 92.7 Å². The van der Waals surface area contributed by atoms with Crippen LogP contribution in [0.25, 0.3) is 0 Å².